The number of aromatic carboxylic acids is 1. The molecule has 2 aromatic carbocycles. The zero-order valence-corrected chi connectivity index (χ0v) is 22.8. The molecule has 206 valence electrons. The molecule has 1 unspecified atom stereocenters. The molecule has 13 nitrogen and oxygen atoms in total. The molecule has 2 aromatic heterocycles. The molecular weight excluding hydrogens is 560 g/mol. The quantitative estimate of drug-likeness (QED) is 0.186. The lowest BCUT2D eigenvalue weighted by atomic mass is 10.1. The average molecular weight is 583 g/mol. The van der Waals surface area contributed by atoms with Crippen LogP contribution in [0, 0.1) is 0 Å². The first-order chi connectivity index (χ1) is 19.1. The summed E-state index contributed by atoms with van der Waals surface area (Å²) in [5, 5.41) is 30.8. The fourth-order valence-corrected chi connectivity index (χ4v) is 4.64. The summed E-state index contributed by atoms with van der Waals surface area (Å²) < 4.78 is 14.8. The van der Waals surface area contributed by atoms with E-state index >= 15 is 0 Å². The van der Waals surface area contributed by atoms with Crippen molar-refractivity contribution in [2.24, 2.45) is 7.05 Å². The molecule has 2 heterocycles. The second kappa shape index (κ2) is 12.5. The molecule has 0 radical (unpaired) electrons. The molecule has 2 amide bonds. The van der Waals surface area contributed by atoms with Gasteiger partial charge in [-0.1, -0.05) is 11.6 Å². The van der Waals surface area contributed by atoms with E-state index in [1.165, 1.54) is 58.4 Å². The summed E-state index contributed by atoms with van der Waals surface area (Å²) in [7, 11) is 1.63. The van der Waals surface area contributed by atoms with Crippen LogP contribution in [0.2, 0.25) is 5.02 Å². The summed E-state index contributed by atoms with van der Waals surface area (Å²) in [6, 6.07) is 11.1. The third-order valence-electron chi connectivity index (χ3n) is 5.63. The third kappa shape index (κ3) is 7.11. The molecule has 0 aliphatic heterocycles. The number of amides is 2. The van der Waals surface area contributed by atoms with E-state index in [9.17, 15) is 18.9 Å². The summed E-state index contributed by atoms with van der Waals surface area (Å²) in [5.74, 6) is -2.25. The van der Waals surface area contributed by atoms with E-state index in [1.807, 2.05) is 0 Å². The average Bonchev–Trinajstić information content (AvgIpc) is 3.57. The Kier molecular flexibility index (Phi) is 8.93. The van der Waals surface area contributed by atoms with Gasteiger partial charge in [-0.3, -0.25) is 9.59 Å². The molecule has 0 saturated heterocycles. The van der Waals surface area contributed by atoms with Crippen molar-refractivity contribution in [1.29, 1.82) is 0 Å². The van der Waals surface area contributed by atoms with Crippen LogP contribution in [0.4, 0.5) is 5.69 Å². The second-order valence-corrected chi connectivity index (χ2v) is 10.2. The largest absolute Gasteiger partial charge is 0.610 e. The highest BCUT2D eigenvalue weighted by molar-refractivity contribution is 7.90. The van der Waals surface area contributed by atoms with Crippen LogP contribution in [0.3, 0.4) is 0 Å². The van der Waals surface area contributed by atoms with Gasteiger partial charge in [0.05, 0.1) is 16.9 Å². The smallest absolute Gasteiger partial charge is 0.335 e. The number of carbonyl (C=O) groups excluding carboxylic acids is 2. The number of hydrogen-bond donors (Lipinski definition) is 3. The van der Waals surface area contributed by atoms with Gasteiger partial charge in [-0.25, -0.2) is 9.48 Å². The Labute approximate surface area is 236 Å². The molecule has 40 heavy (non-hydrogen) atoms. The highest BCUT2D eigenvalue weighted by Gasteiger charge is 2.24. The van der Waals surface area contributed by atoms with Crippen LogP contribution < -0.4 is 10.6 Å². The maximum Gasteiger partial charge on any atom is 0.335 e. The molecule has 0 fully saturated rings. The van der Waals surface area contributed by atoms with Gasteiger partial charge in [0.15, 0.2) is 0 Å². The fraction of sp³-hybridized carbons (Fsp3) is 0.160. The van der Waals surface area contributed by atoms with Crippen molar-refractivity contribution < 1.29 is 24.0 Å². The van der Waals surface area contributed by atoms with Crippen LogP contribution in [0.5, 0.6) is 0 Å². The minimum atomic E-state index is -1.31. The molecule has 4 aromatic rings. The Morgan fingerprint density at radius 3 is 2.55 bits per heavy atom. The standard InChI is InChI=1S/C25H23ClN8O5S/c1-33-23(40(2)39)13-19(30-33)12-20(24(36)28-18-7-3-15(4-8-18)25(37)38)29-22(35)10-5-16-11-17(26)6-9-21(16)34-14-27-31-32-34/h3-11,13-14,20H,12H2,1-2H3,(H,28,36)(H,29,35)(H,37,38)/t20-,40?/m0/s1. The van der Waals surface area contributed by atoms with Gasteiger partial charge in [-0.2, -0.15) is 9.78 Å². The van der Waals surface area contributed by atoms with Gasteiger partial charge in [0.25, 0.3) is 0 Å². The number of aryl methyl sites for hydroxylation is 1. The summed E-state index contributed by atoms with van der Waals surface area (Å²) in [4.78, 5) is 37.3. The van der Waals surface area contributed by atoms with Crippen molar-refractivity contribution in [3.05, 3.63) is 82.8 Å². The van der Waals surface area contributed by atoms with Crippen LogP contribution in [-0.4, -0.2) is 69.7 Å². The lowest BCUT2D eigenvalue weighted by molar-refractivity contribution is -0.123. The molecule has 2 atom stereocenters. The maximum atomic E-state index is 13.2. The summed E-state index contributed by atoms with van der Waals surface area (Å²) >= 11 is 4.83. The van der Waals surface area contributed by atoms with E-state index in [4.69, 9.17) is 16.7 Å². The second-order valence-electron chi connectivity index (χ2n) is 8.48. The van der Waals surface area contributed by atoms with Crippen molar-refractivity contribution in [2.75, 3.05) is 11.6 Å². The number of halogens is 1. The molecule has 0 bridgehead atoms. The summed E-state index contributed by atoms with van der Waals surface area (Å²) in [5.41, 5.74) is 1.96. The zero-order chi connectivity index (χ0) is 28.8. The van der Waals surface area contributed by atoms with E-state index in [0.717, 1.165) is 0 Å². The van der Waals surface area contributed by atoms with Gasteiger partial charge in [0.1, 0.15) is 18.6 Å². The SMILES string of the molecule is Cn1nc(C[C@H](NC(=O)C=Cc2cc(Cl)ccc2-n2cnnn2)C(=O)Nc2ccc(C(=O)O)cc2)cc1[S+](C)[O-]. The van der Waals surface area contributed by atoms with Crippen LogP contribution >= 0.6 is 11.6 Å². The lowest BCUT2D eigenvalue weighted by Gasteiger charge is -2.17. The Morgan fingerprint density at radius 1 is 1.18 bits per heavy atom. The third-order valence-corrected chi connectivity index (χ3v) is 6.83. The molecule has 15 heteroatoms. The first kappa shape index (κ1) is 28.5. The number of anilines is 1. The fourth-order valence-electron chi connectivity index (χ4n) is 3.74. The number of nitrogens with zero attached hydrogens (tertiary/aromatic N) is 6. The van der Waals surface area contributed by atoms with Crippen molar-refractivity contribution in [3.63, 3.8) is 0 Å². The molecule has 0 aliphatic rings. The summed E-state index contributed by atoms with van der Waals surface area (Å²) in [6.45, 7) is 0. The number of benzene rings is 2. The predicted octanol–water partition coefficient (Wildman–Crippen LogP) is 1.86. The van der Waals surface area contributed by atoms with Crippen LogP contribution in [0.25, 0.3) is 11.8 Å². The van der Waals surface area contributed by atoms with Gasteiger partial charge >= 0.3 is 5.97 Å². The van der Waals surface area contributed by atoms with Gasteiger partial charge in [0.2, 0.25) is 16.8 Å². The van der Waals surface area contributed by atoms with E-state index in [1.54, 1.807) is 31.3 Å². The van der Waals surface area contributed by atoms with Crippen molar-refractivity contribution >= 4 is 52.3 Å². The van der Waals surface area contributed by atoms with E-state index < -0.39 is 35.0 Å². The first-order valence-corrected chi connectivity index (χ1v) is 13.6. The molecule has 0 saturated carbocycles. The number of aromatic nitrogens is 6. The van der Waals surface area contributed by atoms with Crippen molar-refractivity contribution in [2.45, 2.75) is 17.5 Å². The molecule has 3 N–H and O–H groups in total. The highest BCUT2D eigenvalue weighted by atomic mass is 35.5. The van der Waals surface area contributed by atoms with E-state index in [-0.39, 0.29) is 12.0 Å². The topological polar surface area (TPSA) is 180 Å². The van der Waals surface area contributed by atoms with Crippen LogP contribution in [-0.2, 0) is 34.2 Å². The number of rotatable bonds is 10. The summed E-state index contributed by atoms with van der Waals surface area (Å²) in [6.07, 6.45) is 5.66. The highest BCUT2D eigenvalue weighted by Crippen LogP contribution is 2.20. The van der Waals surface area contributed by atoms with Crippen molar-refractivity contribution in [3.8, 4) is 5.69 Å². The Bertz CT molecular complexity index is 1550. The molecule has 0 spiro atoms. The normalized spacial score (nSPS) is 12.7. The number of carboxylic acids is 1. The number of nitrogens with one attached hydrogen (secondary N) is 2. The molecule has 4 rings (SSSR count). The zero-order valence-electron chi connectivity index (χ0n) is 21.2. The minimum Gasteiger partial charge on any atom is -0.610 e. The van der Waals surface area contributed by atoms with Crippen LogP contribution in [0.15, 0.2) is 66.0 Å². The Morgan fingerprint density at radius 2 is 1.93 bits per heavy atom. The first-order valence-electron chi connectivity index (χ1n) is 11.6. The minimum absolute atomic E-state index is 0.00327. The number of tetrazole rings is 1. The van der Waals surface area contributed by atoms with E-state index in [0.29, 0.717) is 32.7 Å². The number of carbonyl (C=O) groups is 3. The van der Waals surface area contributed by atoms with Gasteiger partial charge < -0.3 is 20.3 Å². The molecular formula is C25H23ClN8O5S. The Balaban J connectivity index is 1.55. The maximum absolute atomic E-state index is 13.2. The Hall–Kier alpha value is -4.53. The lowest BCUT2D eigenvalue weighted by Crippen LogP contribution is -2.44. The van der Waals surface area contributed by atoms with Gasteiger partial charge in [0, 0.05) is 53.1 Å². The van der Waals surface area contributed by atoms with E-state index in [2.05, 4.69) is 31.3 Å². The van der Waals surface area contributed by atoms with Crippen LogP contribution in [0.1, 0.15) is 21.6 Å². The monoisotopic (exact) mass is 582 g/mol. The van der Waals surface area contributed by atoms with Gasteiger partial charge in [-0.05, 0) is 59.0 Å². The predicted molar refractivity (Wildman–Crippen MR) is 146 cm³/mol. The van der Waals surface area contributed by atoms with Gasteiger partial charge in [-0.15, -0.1) is 5.10 Å². The number of carboxylic acid groups (broad SMARTS) is 1. The molecule has 0 aliphatic carbocycles. The van der Waals surface area contributed by atoms with Crippen molar-refractivity contribution in [1.82, 2.24) is 35.3 Å². The number of hydrogen-bond acceptors (Lipinski definition) is 8.